The molecule has 1 heterocycles. The van der Waals surface area contributed by atoms with Crippen molar-refractivity contribution in [2.75, 3.05) is 6.54 Å². The molecule has 3 N–H and O–H groups in total. The Kier molecular flexibility index (Phi) is 2.42. The molecule has 0 radical (unpaired) electrons. The first-order valence-corrected chi connectivity index (χ1v) is 5.37. The molecule has 0 bridgehead atoms. The van der Waals surface area contributed by atoms with Crippen molar-refractivity contribution in [2.45, 2.75) is 43.7 Å². The number of aliphatic carboxylic acids is 1. The maximum Gasteiger partial charge on any atom is 0.326 e. The van der Waals surface area contributed by atoms with Gasteiger partial charge in [-0.25, -0.2) is 4.79 Å². The van der Waals surface area contributed by atoms with E-state index >= 15 is 0 Å². The van der Waals surface area contributed by atoms with Crippen LogP contribution in [0.2, 0.25) is 0 Å². The summed E-state index contributed by atoms with van der Waals surface area (Å²) < 4.78 is 0. The van der Waals surface area contributed by atoms with Gasteiger partial charge in [0.2, 0.25) is 5.91 Å². The number of amides is 1. The fourth-order valence-electron chi connectivity index (χ4n) is 2.07. The van der Waals surface area contributed by atoms with Crippen molar-refractivity contribution in [3.8, 4) is 0 Å². The van der Waals surface area contributed by atoms with Crippen LogP contribution < -0.4 is 5.73 Å². The molecule has 1 saturated heterocycles. The highest BCUT2D eigenvalue weighted by molar-refractivity contribution is 5.92. The topological polar surface area (TPSA) is 83.6 Å². The summed E-state index contributed by atoms with van der Waals surface area (Å²) in [6, 6.07) is -0.660. The molecule has 2 fully saturated rings. The number of likely N-dealkylation sites (tertiary alicyclic amines) is 1. The van der Waals surface area contributed by atoms with Gasteiger partial charge in [0, 0.05) is 6.54 Å². The molecular weight excluding hydrogens is 196 g/mol. The Morgan fingerprint density at radius 2 is 2.00 bits per heavy atom. The number of nitrogens with two attached hydrogens (primary N) is 1. The van der Waals surface area contributed by atoms with Gasteiger partial charge < -0.3 is 15.7 Å². The van der Waals surface area contributed by atoms with Gasteiger partial charge in [-0.05, 0) is 32.1 Å². The van der Waals surface area contributed by atoms with Crippen LogP contribution in [0, 0.1) is 0 Å². The Balaban J connectivity index is 2.10. The summed E-state index contributed by atoms with van der Waals surface area (Å²) >= 11 is 0. The molecule has 1 aliphatic carbocycles. The second-order valence-electron chi connectivity index (χ2n) is 4.50. The smallest absolute Gasteiger partial charge is 0.326 e. The zero-order valence-electron chi connectivity index (χ0n) is 8.61. The van der Waals surface area contributed by atoms with E-state index in [9.17, 15) is 9.59 Å². The molecule has 5 nitrogen and oxygen atoms in total. The zero-order valence-corrected chi connectivity index (χ0v) is 8.61. The highest BCUT2D eigenvalue weighted by Crippen LogP contribution is 2.35. The van der Waals surface area contributed by atoms with Gasteiger partial charge in [-0.2, -0.15) is 0 Å². The molecule has 1 atom stereocenters. The van der Waals surface area contributed by atoms with Crippen molar-refractivity contribution in [3.05, 3.63) is 0 Å². The lowest BCUT2D eigenvalue weighted by molar-refractivity contribution is -0.153. The molecule has 5 heteroatoms. The van der Waals surface area contributed by atoms with E-state index < -0.39 is 17.6 Å². The zero-order chi connectivity index (χ0) is 11.1. The van der Waals surface area contributed by atoms with Gasteiger partial charge >= 0.3 is 5.97 Å². The number of carboxylic acid groups (broad SMARTS) is 1. The first-order valence-electron chi connectivity index (χ1n) is 5.37. The SMILES string of the molecule is NC1(C(=O)N2CCCC[C@@H]2C(=O)O)CC1. The summed E-state index contributed by atoms with van der Waals surface area (Å²) in [5.41, 5.74) is 5.05. The second kappa shape index (κ2) is 3.48. The number of hydrogen-bond acceptors (Lipinski definition) is 3. The predicted octanol–water partition coefficient (Wildman–Crippen LogP) is -0.0566. The van der Waals surface area contributed by atoms with Crippen molar-refractivity contribution in [2.24, 2.45) is 5.73 Å². The fourth-order valence-corrected chi connectivity index (χ4v) is 2.07. The number of nitrogens with zero attached hydrogens (tertiary/aromatic N) is 1. The molecule has 84 valence electrons. The van der Waals surface area contributed by atoms with Gasteiger partial charge in [-0.15, -0.1) is 0 Å². The molecule has 1 aliphatic heterocycles. The minimum absolute atomic E-state index is 0.172. The van der Waals surface area contributed by atoms with Crippen LogP contribution in [0.3, 0.4) is 0 Å². The molecule has 0 unspecified atom stereocenters. The molecule has 2 aliphatic rings. The summed E-state index contributed by atoms with van der Waals surface area (Å²) in [5.74, 6) is -1.08. The van der Waals surface area contributed by atoms with Crippen LogP contribution in [0.1, 0.15) is 32.1 Å². The van der Waals surface area contributed by atoms with E-state index in [-0.39, 0.29) is 5.91 Å². The minimum atomic E-state index is -0.910. The Morgan fingerprint density at radius 3 is 2.53 bits per heavy atom. The number of carbonyl (C=O) groups excluding carboxylic acids is 1. The highest BCUT2D eigenvalue weighted by atomic mass is 16.4. The van der Waals surface area contributed by atoms with Crippen molar-refractivity contribution in [1.82, 2.24) is 4.90 Å². The lowest BCUT2D eigenvalue weighted by Crippen LogP contribution is -2.54. The van der Waals surface area contributed by atoms with Crippen molar-refractivity contribution >= 4 is 11.9 Å². The average molecular weight is 212 g/mol. The molecule has 15 heavy (non-hydrogen) atoms. The van der Waals surface area contributed by atoms with Crippen molar-refractivity contribution in [3.63, 3.8) is 0 Å². The van der Waals surface area contributed by atoms with Gasteiger partial charge in [-0.1, -0.05) is 0 Å². The molecule has 1 saturated carbocycles. The van der Waals surface area contributed by atoms with Crippen LogP contribution in [0.15, 0.2) is 0 Å². The van der Waals surface area contributed by atoms with Crippen LogP contribution in [0.25, 0.3) is 0 Å². The third-order valence-corrected chi connectivity index (χ3v) is 3.26. The van der Waals surface area contributed by atoms with Crippen LogP contribution in [0.4, 0.5) is 0 Å². The van der Waals surface area contributed by atoms with Crippen molar-refractivity contribution in [1.29, 1.82) is 0 Å². The first-order chi connectivity index (χ1) is 7.04. The second-order valence-corrected chi connectivity index (χ2v) is 4.50. The molecule has 0 aromatic heterocycles. The Labute approximate surface area is 88.2 Å². The average Bonchev–Trinajstić information content (AvgIpc) is 2.96. The third-order valence-electron chi connectivity index (χ3n) is 3.26. The van der Waals surface area contributed by atoms with E-state index in [1.54, 1.807) is 0 Å². The Morgan fingerprint density at radius 1 is 1.33 bits per heavy atom. The maximum atomic E-state index is 11.9. The Hall–Kier alpha value is -1.10. The van der Waals surface area contributed by atoms with E-state index in [0.29, 0.717) is 25.8 Å². The Bertz CT molecular complexity index is 299. The van der Waals surface area contributed by atoms with Gasteiger partial charge in [0.15, 0.2) is 0 Å². The van der Waals surface area contributed by atoms with Gasteiger partial charge in [0.25, 0.3) is 0 Å². The number of rotatable bonds is 2. The normalized spacial score (nSPS) is 28.6. The summed E-state index contributed by atoms with van der Waals surface area (Å²) in [6.07, 6.45) is 3.68. The number of piperidine rings is 1. The fraction of sp³-hybridized carbons (Fsp3) is 0.800. The van der Waals surface area contributed by atoms with Crippen LogP contribution in [-0.2, 0) is 9.59 Å². The molecular formula is C10H16N2O3. The minimum Gasteiger partial charge on any atom is -0.480 e. The molecule has 0 aromatic rings. The van der Waals surface area contributed by atoms with Crippen LogP contribution in [0.5, 0.6) is 0 Å². The van der Waals surface area contributed by atoms with E-state index in [4.69, 9.17) is 10.8 Å². The van der Waals surface area contributed by atoms with Crippen molar-refractivity contribution < 1.29 is 14.7 Å². The van der Waals surface area contributed by atoms with Gasteiger partial charge in [0.05, 0.1) is 5.54 Å². The largest absolute Gasteiger partial charge is 0.480 e. The molecule has 0 aromatic carbocycles. The third kappa shape index (κ3) is 1.84. The first kappa shape index (κ1) is 10.4. The summed E-state index contributed by atoms with van der Waals surface area (Å²) in [5, 5.41) is 9.01. The van der Waals surface area contributed by atoms with E-state index in [1.807, 2.05) is 0 Å². The number of hydrogen-bond donors (Lipinski definition) is 2. The van der Waals surface area contributed by atoms with Crippen LogP contribution >= 0.6 is 0 Å². The summed E-state index contributed by atoms with van der Waals surface area (Å²) in [7, 11) is 0. The van der Waals surface area contributed by atoms with Gasteiger partial charge in [-0.3, -0.25) is 4.79 Å². The lowest BCUT2D eigenvalue weighted by atomic mass is 10.0. The lowest BCUT2D eigenvalue weighted by Gasteiger charge is -2.34. The quantitative estimate of drug-likeness (QED) is 0.672. The predicted molar refractivity (Wildman–Crippen MR) is 53.1 cm³/mol. The van der Waals surface area contributed by atoms with E-state index in [2.05, 4.69) is 0 Å². The number of carbonyl (C=O) groups is 2. The van der Waals surface area contributed by atoms with E-state index in [1.165, 1.54) is 4.90 Å². The molecule has 2 rings (SSSR count). The highest BCUT2D eigenvalue weighted by Gasteiger charge is 2.50. The number of carboxylic acids is 1. The van der Waals surface area contributed by atoms with E-state index in [0.717, 1.165) is 12.8 Å². The maximum absolute atomic E-state index is 11.9. The molecule has 1 amide bonds. The van der Waals surface area contributed by atoms with Crippen LogP contribution in [-0.4, -0.2) is 40.0 Å². The van der Waals surface area contributed by atoms with Gasteiger partial charge in [0.1, 0.15) is 6.04 Å². The molecule has 0 spiro atoms. The summed E-state index contributed by atoms with van der Waals surface area (Å²) in [4.78, 5) is 24.4. The summed E-state index contributed by atoms with van der Waals surface area (Å²) in [6.45, 7) is 0.536. The monoisotopic (exact) mass is 212 g/mol. The standard InChI is InChI=1S/C10H16N2O3/c11-10(4-5-10)9(15)12-6-2-1-3-7(12)8(13)14/h7H,1-6,11H2,(H,13,14)/t7-/m1/s1.